The number of hydrogen-bond donors (Lipinski definition) is 1. The topological polar surface area (TPSA) is 97.5 Å². The molecule has 33 heavy (non-hydrogen) atoms. The smallest absolute Gasteiger partial charge is 0.260 e. The van der Waals surface area contributed by atoms with Gasteiger partial charge in [-0.15, -0.1) is 0 Å². The van der Waals surface area contributed by atoms with E-state index in [1.54, 1.807) is 12.1 Å². The zero-order valence-electron chi connectivity index (χ0n) is 18.2. The highest BCUT2D eigenvalue weighted by Crippen LogP contribution is 2.39. The van der Waals surface area contributed by atoms with Gasteiger partial charge < -0.3 is 15.4 Å². The van der Waals surface area contributed by atoms with E-state index < -0.39 is 11.6 Å². The largest absolute Gasteiger partial charge is 0.493 e. The number of anilines is 2. The molecular weight excluding hydrogens is 430 g/mol. The number of aryl methyl sites for hydroxylation is 1. The fraction of sp³-hybridized carbons (Fsp3) is 0.304. The molecule has 2 aliphatic rings. The molecule has 3 aromatic rings. The van der Waals surface area contributed by atoms with Crippen molar-refractivity contribution >= 4 is 17.7 Å². The van der Waals surface area contributed by atoms with E-state index in [9.17, 15) is 13.6 Å². The molecule has 8 nitrogen and oxygen atoms in total. The molecule has 0 saturated carbocycles. The predicted molar refractivity (Wildman–Crippen MR) is 118 cm³/mol. The van der Waals surface area contributed by atoms with E-state index in [-0.39, 0.29) is 35.5 Å². The number of benzene rings is 1. The SMILES string of the molecule is COc1c(F)ccc(F)c1-c1nccc2c1CN(c1cc(C)nc(N3CCC(N)C3)n1)C2=O. The molecule has 0 radical (unpaired) electrons. The molecule has 1 unspecified atom stereocenters. The summed E-state index contributed by atoms with van der Waals surface area (Å²) in [6.45, 7) is 3.32. The molecule has 10 heteroatoms. The van der Waals surface area contributed by atoms with E-state index in [1.807, 2.05) is 11.8 Å². The Labute approximate surface area is 189 Å². The highest BCUT2D eigenvalue weighted by atomic mass is 19.1. The van der Waals surface area contributed by atoms with Crippen LogP contribution in [0.3, 0.4) is 0 Å². The normalized spacial score (nSPS) is 17.6. The first kappa shape index (κ1) is 21.2. The lowest BCUT2D eigenvalue weighted by Crippen LogP contribution is -2.29. The number of nitrogens with zero attached hydrogens (tertiary/aromatic N) is 5. The van der Waals surface area contributed by atoms with Gasteiger partial charge in [0, 0.05) is 48.2 Å². The fourth-order valence-corrected chi connectivity index (χ4v) is 4.37. The zero-order chi connectivity index (χ0) is 23.3. The van der Waals surface area contributed by atoms with Gasteiger partial charge in [-0.05, 0) is 31.5 Å². The molecule has 4 heterocycles. The van der Waals surface area contributed by atoms with Gasteiger partial charge in [0.05, 0.1) is 24.9 Å². The summed E-state index contributed by atoms with van der Waals surface area (Å²) in [5.41, 5.74) is 7.60. The number of carbonyl (C=O) groups is 1. The molecule has 1 aromatic carbocycles. The monoisotopic (exact) mass is 452 g/mol. The van der Waals surface area contributed by atoms with Crippen LogP contribution in [0, 0.1) is 18.6 Å². The Morgan fingerprint density at radius 2 is 1.97 bits per heavy atom. The standard InChI is InChI=1S/C23H22F2N6O2/c1-12-9-18(29-23(28-12)30-8-6-13(26)10-30)31-11-15-14(22(31)32)5-7-27-20(15)19-16(24)3-4-17(25)21(19)33-2/h3-5,7,9,13H,6,8,10-11,26H2,1-2H3. The molecule has 5 rings (SSSR count). The van der Waals surface area contributed by atoms with Crippen LogP contribution in [0.4, 0.5) is 20.5 Å². The van der Waals surface area contributed by atoms with Gasteiger partial charge in [0.2, 0.25) is 5.95 Å². The molecule has 1 fully saturated rings. The minimum absolute atomic E-state index is 0.0556. The van der Waals surface area contributed by atoms with Crippen molar-refractivity contribution in [2.24, 2.45) is 5.73 Å². The first-order valence-electron chi connectivity index (χ1n) is 10.6. The quantitative estimate of drug-likeness (QED) is 0.650. The summed E-state index contributed by atoms with van der Waals surface area (Å²) >= 11 is 0. The number of carbonyl (C=O) groups excluding carboxylic acids is 1. The van der Waals surface area contributed by atoms with Crippen molar-refractivity contribution in [1.82, 2.24) is 15.0 Å². The summed E-state index contributed by atoms with van der Waals surface area (Å²) < 4.78 is 34.2. The average Bonchev–Trinajstić information content (AvgIpc) is 3.38. The van der Waals surface area contributed by atoms with Gasteiger partial charge in [-0.2, -0.15) is 4.98 Å². The fourth-order valence-electron chi connectivity index (χ4n) is 4.37. The van der Waals surface area contributed by atoms with E-state index >= 15 is 0 Å². The summed E-state index contributed by atoms with van der Waals surface area (Å²) in [5.74, 6) is -1.02. The third-order valence-corrected chi connectivity index (χ3v) is 5.96. The molecule has 0 bridgehead atoms. The number of ether oxygens (including phenoxy) is 1. The first-order valence-corrected chi connectivity index (χ1v) is 10.6. The number of nitrogens with two attached hydrogens (primary N) is 1. The second-order valence-electron chi connectivity index (χ2n) is 8.18. The number of aromatic nitrogens is 3. The van der Waals surface area contributed by atoms with Crippen molar-refractivity contribution in [2.45, 2.75) is 25.9 Å². The van der Waals surface area contributed by atoms with Gasteiger partial charge in [0.15, 0.2) is 11.6 Å². The van der Waals surface area contributed by atoms with E-state index in [4.69, 9.17) is 10.5 Å². The third kappa shape index (κ3) is 3.56. The van der Waals surface area contributed by atoms with Crippen molar-refractivity contribution in [2.75, 3.05) is 30.0 Å². The second-order valence-corrected chi connectivity index (χ2v) is 8.18. The molecule has 1 atom stereocenters. The van der Waals surface area contributed by atoms with Crippen LogP contribution in [0.2, 0.25) is 0 Å². The van der Waals surface area contributed by atoms with Crippen molar-refractivity contribution < 1.29 is 18.3 Å². The Morgan fingerprint density at radius 1 is 1.18 bits per heavy atom. The number of amides is 1. The van der Waals surface area contributed by atoms with Crippen molar-refractivity contribution in [1.29, 1.82) is 0 Å². The number of methoxy groups -OCH3 is 1. The molecule has 1 amide bonds. The Morgan fingerprint density at radius 3 is 2.70 bits per heavy atom. The van der Waals surface area contributed by atoms with Gasteiger partial charge >= 0.3 is 0 Å². The minimum Gasteiger partial charge on any atom is -0.493 e. The van der Waals surface area contributed by atoms with E-state index in [1.165, 1.54) is 18.2 Å². The zero-order valence-corrected chi connectivity index (χ0v) is 18.2. The Kier molecular flexibility index (Phi) is 5.16. The molecule has 1 saturated heterocycles. The molecule has 0 aliphatic carbocycles. The Bertz CT molecular complexity index is 1270. The van der Waals surface area contributed by atoms with Gasteiger partial charge in [-0.25, -0.2) is 13.8 Å². The first-order chi connectivity index (χ1) is 15.9. The van der Waals surface area contributed by atoms with E-state index in [2.05, 4.69) is 15.0 Å². The number of halogens is 2. The lowest BCUT2D eigenvalue weighted by molar-refractivity contribution is 0.0996. The van der Waals surface area contributed by atoms with E-state index in [0.717, 1.165) is 25.1 Å². The van der Waals surface area contributed by atoms with Crippen LogP contribution in [0.15, 0.2) is 30.5 Å². The molecule has 170 valence electrons. The van der Waals surface area contributed by atoms with Crippen LogP contribution < -0.4 is 20.3 Å². The molecule has 2 aromatic heterocycles. The van der Waals surface area contributed by atoms with Crippen molar-refractivity contribution in [3.05, 3.63) is 58.9 Å². The van der Waals surface area contributed by atoms with Gasteiger partial charge in [-0.1, -0.05) is 0 Å². The highest BCUT2D eigenvalue weighted by molar-refractivity contribution is 6.10. The maximum Gasteiger partial charge on any atom is 0.260 e. The van der Waals surface area contributed by atoms with Crippen LogP contribution in [0.5, 0.6) is 5.75 Å². The number of rotatable bonds is 4. The highest BCUT2D eigenvalue weighted by Gasteiger charge is 2.34. The summed E-state index contributed by atoms with van der Waals surface area (Å²) in [6.07, 6.45) is 2.25. The molecular formula is C23H22F2N6O2. The van der Waals surface area contributed by atoms with Crippen LogP contribution in [-0.4, -0.2) is 47.1 Å². The number of hydrogen-bond acceptors (Lipinski definition) is 7. The van der Waals surface area contributed by atoms with Crippen LogP contribution >= 0.6 is 0 Å². The lowest BCUT2D eigenvalue weighted by Gasteiger charge is -2.20. The molecule has 2 aliphatic heterocycles. The maximum atomic E-state index is 14.8. The Balaban J connectivity index is 1.57. The van der Waals surface area contributed by atoms with Crippen LogP contribution in [0.1, 0.15) is 28.0 Å². The number of fused-ring (bicyclic) bond motifs is 1. The third-order valence-electron chi connectivity index (χ3n) is 5.96. The minimum atomic E-state index is -0.714. The number of pyridine rings is 1. The molecule has 2 N–H and O–H groups in total. The van der Waals surface area contributed by atoms with Crippen molar-refractivity contribution in [3.63, 3.8) is 0 Å². The maximum absolute atomic E-state index is 14.8. The van der Waals surface area contributed by atoms with E-state index in [0.29, 0.717) is 35.1 Å². The summed E-state index contributed by atoms with van der Waals surface area (Å²) in [4.78, 5) is 30.2. The summed E-state index contributed by atoms with van der Waals surface area (Å²) in [6, 6.07) is 5.36. The van der Waals surface area contributed by atoms with Crippen LogP contribution in [-0.2, 0) is 6.54 Å². The van der Waals surface area contributed by atoms with Gasteiger partial charge in [-0.3, -0.25) is 14.7 Å². The van der Waals surface area contributed by atoms with Crippen LogP contribution in [0.25, 0.3) is 11.3 Å². The predicted octanol–water partition coefficient (Wildman–Crippen LogP) is 2.83. The summed E-state index contributed by atoms with van der Waals surface area (Å²) in [7, 11) is 1.26. The average molecular weight is 452 g/mol. The summed E-state index contributed by atoms with van der Waals surface area (Å²) in [5, 5.41) is 0. The lowest BCUT2D eigenvalue weighted by atomic mass is 10.0. The Hall–Kier alpha value is -3.66. The van der Waals surface area contributed by atoms with Gasteiger partial charge in [0.25, 0.3) is 5.91 Å². The second kappa shape index (κ2) is 8.04. The molecule has 0 spiro atoms. The van der Waals surface area contributed by atoms with Crippen molar-refractivity contribution in [3.8, 4) is 17.0 Å². The van der Waals surface area contributed by atoms with Gasteiger partial charge in [0.1, 0.15) is 11.6 Å².